The fourth-order valence-corrected chi connectivity index (χ4v) is 5.26. The molecule has 1 aromatic carbocycles. The Balaban J connectivity index is 0.000000913. The van der Waals surface area contributed by atoms with Gasteiger partial charge in [0.05, 0.1) is 22.0 Å². The predicted octanol–water partition coefficient (Wildman–Crippen LogP) is 1.96. The minimum atomic E-state index is -3.74. The summed E-state index contributed by atoms with van der Waals surface area (Å²) in [6.07, 6.45) is 5.23. The zero-order valence-electron chi connectivity index (χ0n) is 18.1. The summed E-state index contributed by atoms with van der Waals surface area (Å²) in [5, 5.41) is 9.99. The molecule has 2 aromatic heterocycles. The summed E-state index contributed by atoms with van der Waals surface area (Å²) in [7, 11) is -0.152. The lowest BCUT2D eigenvalue weighted by atomic mass is 10.2. The second kappa shape index (κ2) is 10.6. The van der Waals surface area contributed by atoms with Crippen molar-refractivity contribution in [2.45, 2.75) is 23.8 Å². The molecular formula is C22H28N4O5S. The second-order valence-electron chi connectivity index (χ2n) is 7.38. The van der Waals surface area contributed by atoms with E-state index in [4.69, 9.17) is 14.6 Å². The quantitative estimate of drug-likeness (QED) is 0.515. The highest BCUT2D eigenvalue weighted by Crippen LogP contribution is 2.28. The number of nitrogens with zero attached hydrogens (tertiary/aromatic N) is 3. The SMILES string of the molecule is CNCCc1cn(S(=O)(=O)c2cccc(N3CC[C@H](OC)C3)c2)c2cccnc12.O=CO. The molecule has 3 aromatic rings. The first-order valence-corrected chi connectivity index (χ1v) is 11.7. The second-order valence-corrected chi connectivity index (χ2v) is 9.19. The molecule has 3 heterocycles. The van der Waals surface area contributed by atoms with Crippen LogP contribution in [0, 0.1) is 0 Å². The number of methoxy groups -OCH3 is 1. The number of nitrogens with one attached hydrogen (secondary N) is 1. The number of carbonyl (C=O) groups is 1. The highest BCUT2D eigenvalue weighted by molar-refractivity contribution is 7.90. The Labute approximate surface area is 187 Å². The summed E-state index contributed by atoms with van der Waals surface area (Å²) < 4.78 is 33.8. The minimum Gasteiger partial charge on any atom is -0.483 e. The normalized spacial score (nSPS) is 16.1. The molecule has 172 valence electrons. The van der Waals surface area contributed by atoms with Crippen molar-refractivity contribution in [2.24, 2.45) is 0 Å². The molecule has 0 amide bonds. The maximum atomic E-state index is 13.5. The van der Waals surface area contributed by atoms with Crippen molar-refractivity contribution in [1.82, 2.24) is 14.3 Å². The van der Waals surface area contributed by atoms with Crippen molar-refractivity contribution in [1.29, 1.82) is 0 Å². The van der Waals surface area contributed by atoms with Crippen molar-refractivity contribution in [3.8, 4) is 0 Å². The highest BCUT2D eigenvalue weighted by atomic mass is 32.2. The fourth-order valence-electron chi connectivity index (χ4n) is 3.85. The fraction of sp³-hybridized carbons (Fsp3) is 0.364. The van der Waals surface area contributed by atoms with E-state index >= 15 is 0 Å². The van der Waals surface area contributed by atoms with E-state index in [2.05, 4.69) is 15.2 Å². The van der Waals surface area contributed by atoms with Crippen LogP contribution in [0.1, 0.15) is 12.0 Å². The number of rotatable bonds is 7. The Morgan fingerprint density at radius 2 is 2.09 bits per heavy atom. The third kappa shape index (κ3) is 4.93. The lowest BCUT2D eigenvalue weighted by Crippen LogP contribution is -2.22. The van der Waals surface area contributed by atoms with Crippen LogP contribution in [-0.2, 0) is 26.0 Å². The van der Waals surface area contributed by atoms with E-state index in [0.717, 1.165) is 42.8 Å². The number of hydrogen-bond donors (Lipinski definition) is 2. The van der Waals surface area contributed by atoms with E-state index in [9.17, 15) is 8.42 Å². The lowest BCUT2D eigenvalue weighted by Gasteiger charge is -2.19. The van der Waals surface area contributed by atoms with Crippen LogP contribution in [0.15, 0.2) is 53.7 Å². The summed E-state index contributed by atoms with van der Waals surface area (Å²) in [6, 6.07) is 10.7. The van der Waals surface area contributed by atoms with Crippen LogP contribution in [0.2, 0.25) is 0 Å². The first kappa shape index (κ1) is 23.7. The Morgan fingerprint density at radius 1 is 1.31 bits per heavy atom. The number of hydrogen-bond acceptors (Lipinski definition) is 7. The molecule has 0 spiro atoms. The van der Waals surface area contributed by atoms with Gasteiger partial charge >= 0.3 is 0 Å². The number of fused-ring (bicyclic) bond motifs is 1. The van der Waals surface area contributed by atoms with Crippen molar-refractivity contribution in [3.05, 3.63) is 54.4 Å². The van der Waals surface area contributed by atoms with Crippen LogP contribution in [0.3, 0.4) is 0 Å². The highest BCUT2D eigenvalue weighted by Gasteiger charge is 2.25. The molecule has 1 fully saturated rings. The number of anilines is 1. The topological polar surface area (TPSA) is 114 Å². The smallest absolute Gasteiger partial charge is 0.290 e. The van der Waals surface area contributed by atoms with Gasteiger partial charge in [0.15, 0.2) is 0 Å². The minimum absolute atomic E-state index is 0.185. The van der Waals surface area contributed by atoms with Crippen LogP contribution < -0.4 is 10.2 Å². The van der Waals surface area contributed by atoms with Crippen LogP contribution in [0.25, 0.3) is 11.0 Å². The monoisotopic (exact) mass is 460 g/mol. The summed E-state index contributed by atoms with van der Waals surface area (Å²) in [5.41, 5.74) is 3.14. The van der Waals surface area contributed by atoms with E-state index < -0.39 is 10.0 Å². The number of carboxylic acid groups (broad SMARTS) is 1. The van der Waals surface area contributed by atoms with Crippen molar-refractivity contribution in [3.63, 3.8) is 0 Å². The molecule has 9 nitrogen and oxygen atoms in total. The van der Waals surface area contributed by atoms with Gasteiger partial charge in [-0.25, -0.2) is 12.4 Å². The third-order valence-electron chi connectivity index (χ3n) is 5.46. The Hall–Kier alpha value is -2.95. The number of pyridine rings is 1. The molecule has 0 aliphatic carbocycles. The number of likely N-dealkylation sites (N-methyl/N-ethyl adjacent to an activating group) is 1. The molecule has 0 unspecified atom stereocenters. The average molecular weight is 461 g/mol. The summed E-state index contributed by atoms with van der Waals surface area (Å²) in [6.45, 7) is 2.12. The molecule has 0 radical (unpaired) electrons. The van der Waals surface area contributed by atoms with Gasteiger partial charge in [-0.1, -0.05) is 6.07 Å². The van der Waals surface area contributed by atoms with Crippen LogP contribution in [0.4, 0.5) is 5.69 Å². The van der Waals surface area contributed by atoms with Crippen LogP contribution >= 0.6 is 0 Å². The van der Waals surface area contributed by atoms with Gasteiger partial charge in [-0.15, -0.1) is 0 Å². The molecule has 1 saturated heterocycles. The molecule has 1 aliphatic rings. The Kier molecular flexibility index (Phi) is 7.84. The zero-order valence-corrected chi connectivity index (χ0v) is 19.0. The van der Waals surface area contributed by atoms with Crippen molar-refractivity contribution >= 4 is 33.2 Å². The molecule has 1 aliphatic heterocycles. The van der Waals surface area contributed by atoms with Gasteiger partial charge in [-0.05, 0) is 62.3 Å². The summed E-state index contributed by atoms with van der Waals surface area (Å²) >= 11 is 0. The molecule has 0 bridgehead atoms. The molecule has 1 atom stereocenters. The zero-order chi connectivity index (χ0) is 23.1. The van der Waals surface area contributed by atoms with E-state index in [1.807, 2.05) is 13.1 Å². The van der Waals surface area contributed by atoms with Gasteiger partial charge in [0.25, 0.3) is 16.5 Å². The van der Waals surface area contributed by atoms with E-state index in [1.165, 1.54) is 3.97 Å². The van der Waals surface area contributed by atoms with Gasteiger partial charge in [0, 0.05) is 38.3 Å². The van der Waals surface area contributed by atoms with Crippen molar-refractivity contribution < 1.29 is 23.1 Å². The van der Waals surface area contributed by atoms with E-state index in [-0.39, 0.29) is 17.5 Å². The van der Waals surface area contributed by atoms with E-state index in [0.29, 0.717) is 11.9 Å². The first-order chi connectivity index (χ1) is 15.5. The Bertz CT molecular complexity index is 1160. The number of ether oxygens (including phenoxy) is 1. The molecule has 2 N–H and O–H groups in total. The van der Waals surface area contributed by atoms with E-state index in [1.54, 1.807) is 49.8 Å². The average Bonchev–Trinajstić information content (AvgIpc) is 3.44. The number of benzene rings is 1. The Morgan fingerprint density at radius 3 is 2.78 bits per heavy atom. The maximum Gasteiger partial charge on any atom is 0.290 e. The first-order valence-electron chi connectivity index (χ1n) is 10.3. The van der Waals surface area contributed by atoms with Crippen LogP contribution in [-0.4, -0.2) is 68.8 Å². The lowest BCUT2D eigenvalue weighted by molar-refractivity contribution is -0.122. The molecular weight excluding hydrogens is 432 g/mol. The molecule has 32 heavy (non-hydrogen) atoms. The molecule has 10 heteroatoms. The summed E-state index contributed by atoms with van der Waals surface area (Å²) in [5.74, 6) is 0. The van der Waals surface area contributed by atoms with Gasteiger partial charge in [0.1, 0.15) is 0 Å². The van der Waals surface area contributed by atoms with Gasteiger partial charge < -0.3 is 20.1 Å². The van der Waals surface area contributed by atoms with Gasteiger partial charge in [-0.3, -0.25) is 9.78 Å². The standard InChI is InChI=1S/C21H26N4O3S.CH2O2/c1-22-11-8-16-14-25(20-7-4-10-23-21(16)20)29(26,27)19-6-3-5-17(13-19)24-12-9-18(15-24)28-2;2-1-3/h3-7,10,13-14,18,22H,8-9,11-12,15H2,1-2H3;1H,(H,2,3)/t18-;/m0./s1. The van der Waals surface area contributed by atoms with Gasteiger partial charge in [0.2, 0.25) is 0 Å². The maximum absolute atomic E-state index is 13.5. The largest absolute Gasteiger partial charge is 0.483 e. The number of aromatic nitrogens is 2. The van der Waals surface area contributed by atoms with Gasteiger partial charge in [-0.2, -0.15) is 0 Å². The third-order valence-corrected chi connectivity index (χ3v) is 7.13. The molecule has 4 rings (SSSR count). The van der Waals surface area contributed by atoms with Crippen LogP contribution in [0.5, 0.6) is 0 Å². The van der Waals surface area contributed by atoms with Crippen molar-refractivity contribution in [2.75, 3.05) is 38.7 Å². The predicted molar refractivity (Wildman–Crippen MR) is 123 cm³/mol. The molecule has 0 saturated carbocycles. The summed E-state index contributed by atoms with van der Waals surface area (Å²) in [4.78, 5) is 15.2.